The molecule has 0 aliphatic heterocycles. The second kappa shape index (κ2) is 11.2. The van der Waals surface area contributed by atoms with Crippen molar-refractivity contribution in [3.8, 4) is 0 Å². The quantitative estimate of drug-likeness (QED) is 0.466. The summed E-state index contributed by atoms with van der Waals surface area (Å²) in [6.07, 6.45) is 0.528. The summed E-state index contributed by atoms with van der Waals surface area (Å²) in [6.45, 7) is 1.10. The smallest absolute Gasteiger partial charge is 0.307 e. The lowest BCUT2D eigenvalue weighted by molar-refractivity contribution is -0.884. The zero-order chi connectivity index (χ0) is 22.1. The van der Waals surface area contributed by atoms with Crippen molar-refractivity contribution in [2.75, 3.05) is 21.1 Å². The Kier molecular flexibility index (Phi) is 8.91. The molecule has 5 heteroatoms. The van der Waals surface area contributed by atoms with Crippen LogP contribution in [-0.2, 0) is 24.2 Å². The summed E-state index contributed by atoms with van der Waals surface area (Å²) in [7, 11) is 6.60. The van der Waals surface area contributed by atoms with Gasteiger partial charge in [-0.05, 0) is 28.8 Å². The fourth-order valence-electron chi connectivity index (χ4n) is 3.09. The number of hydrogen-bond acceptors (Lipinski definition) is 1. The molecule has 3 aromatic rings. The number of halogens is 2. The van der Waals surface area contributed by atoms with E-state index in [0.29, 0.717) is 16.5 Å². The number of nitrogens with zero attached hydrogens (tertiary/aromatic N) is 1. The molecule has 3 aromatic carbocycles. The standard InChI is InChI=1S/C15H12Cl2O2.C10H16N/c16-13-6-3-7-14(17)12(13)8-10-4-1-2-5-11(10)9-15(18)19;1-11(2,3)9-10-7-5-4-6-8-10/h1-7H,8-9H2,(H,18,19);4-8H,9H2,1-3H3/q;+1. The topological polar surface area (TPSA) is 37.3 Å². The van der Waals surface area contributed by atoms with Crippen LogP contribution in [0.15, 0.2) is 72.8 Å². The molecule has 1 N–H and O–H groups in total. The highest BCUT2D eigenvalue weighted by Gasteiger charge is 2.11. The average molecular weight is 445 g/mol. The molecule has 3 nitrogen and oxygen atoms in total. The number of quaternary nitrogens is 1. The van der Waals surface area contributed by atoms with Crippen molar-refractivity contribution in [2.45, 2.75) is 19.4 Å². The van der Waals surface area contributed by atoms with E-state index < -0.39 is 5.97 Å². The minimum absolute atomic E-state index is 0.00174. The van der Waals surface area contributed by atoms with E-state index in [2.05, 4.69) is 51.5 Å². The van der Waals surface area contributed by atoms with Crippen molar-refractivity contribution in [3.05, 3.63) is 105 Å². The van der Waals surface area contributed by atoms with Crippen molar-refractivity contribution in [2.24, 2.45) is 0 Å². The van der Waals surface area contributed by atoms with E-state index in [1.165, 1.54) is 5.56 Å². The molecule has 30 heavy (non-hydrogen) atoms. The Labute approximate surface area is 189 Å². The lowest BCUT2D eigenvalue weighted by Gasteiger charge is -2.23. The molecule has 0 spiro atoms. The van der Waals surface area contributed by atoms with Crippen molar-refractivity contribution in [1.29, 1.82) is 0 Å². The summed E-state index contributed by atoms with van der Waals surface area (Å²) in [5, 5.41) is 10.1. The van der Waals surface area contributed by atoms with Crippen molar-refractivity contribution < 1.29 is 14.4 Å². The number of carbonyl (C=O) groups is 1. The molecule has 0 saturated heterocycles. The largest absolute Gasteiger partial charge is 0.481 e. The number of benzene rings is 3. The van der Waals surface area contributed by atoms with Gasteiger partial charge in [0.2, 0.25) is 0 Å². The summed E-state index contributed by atoms with van der Waals surface area (Å²) in [5.74, 6) is -0.849. The van der Waals surface area contributed by atoms with Crippen LogP contribution >= 0.6 is 23.2 Å². The van der Waals surface area contributed by atoms with Crippen LogP contribution in [0.3, 0.4) is 0 Å². The monoisotopic (exact) mass is 444 g/mol. The van der Waals surface area contributed by atoms with E-state index in [1.54, 1.807) is 18.2 Å². The van der Waals surface area contributed by atoms with Crippen molar-refractivity contribution in [3.63, 3.8) is 0 Å². The Morgan fingerprint density at radius 2 is 1.33 bits per heavy atom. The molecule has 158 valence electrons. The first-order chi connectivity index (χ1) is 14.2. The lowest BCUT2D eigenvalue weighted by atomic mass is 9.98. The third kappa shape index (κ3) is 8.19. The Hall–Kier alpha value is -2.33. The van der Waals surface area contributed by atoms with Crippen LogP contribution in [0.25, 0.3) is 0 Å². The van der Waals surface area contributed by atoms with Gasteiger partial charge in [-0.25, -0.2) is 0 Å². The highest BCUT2D eigenvalue weighted by molar-refractivity contribution is 6.36. The highest BCUT2D eigenvalue weighted by atomic mass is 35.5. The minimum Gasteiger partial charge on any atom is -0.481 e. The van der Waals surface area contributed by atoms with E-state index in [1.807, 2.05) is 24.3 Å². The second-order valence-corrected chi connectivity index (χ2v) is 8.96. The predicted octanol–water partition coefficient (Wildman–Crippen LogP) is 6.10. The van der Waals surface area contributed by atoms with Crippen LogP contribution < -0.4 is 0 Å². The summed E-state index contributed by atoms with van der Waals surface area (Å²) in [5.41, 5.74) is 3.94. The maximum Gasteiger partial charge on any atom is 0.307 e. The molecule has 0 saturated carbocycles. The fourth-order valence-corrected chi connectivity index (χ4v) is 3.62. The first kappa shape index (κ1) is 23.9. The summed E-state index contributed by atoms with van der Waals surface area (Å²) in [4.78, 5) is 10.9. The van der Waals surface area contributed by atoms with E-state index in [9.17, 15) is 4.79 Å². The highest BCUT2D eigenvalue weighted by Crippen LogP contribution is 2.28. The van der Waals surface area contributed by atoms with E-state index in [-0.39, 0.29) is 6.42 Å². The van der Waals surface area contributed by atoms with Crippen LogP contribution in [0.5, 0.6) is 0 Å². The van der Waals surface area contributed by atoms with Gasteiger partial charge in [-0.15, -0.1) is 0 Å². The molecule has 0 bridgehead atoms. The molecular formula is C25H28Cl2NO2+. The van der Waals surface area contributed by atoms with Crippen LogP contribution in [0.1, 0.15) is 22.3 Å². The Bertz CT molecular complexity index is 946. The van der Waals surface area contributed by atoms with Crippen LogP contribution in [-0.4, -0.2) is 36.7 Å². The molecule has 0 aliphatic carbocycles. The zero-order valence-corrected chi connectivity index (χ0v) is 19.1. The molecule has 0 fully saturated rings. The minimum atomic E-state index is -0.849. The lowest BCUT2D eigenvalue weighted by Crippen LogP contribution is -2.33. The normalized spacial score (nSPS) is 10.8. The zero-order valence-electron chi connectivity index (χ0n) is 17.6. The Balaban J connectivity index is 0.000000248. The predicted molar refractivity (Wildman–Crippen MR) is 125 cm³/mol. The molecule has 0 heterocycles. The second-order valence-electron chi connectivity index (χ2n) is 8.15. The van der Waals surface area contributed by atoms with E-state index in [4.69, 9.17) is 28.3 Å². The van der Waals surface area contributed by atoms with Crippen molar-refractivity contribution in [1.82, 2.24) is 0 Å². The Morgan fingerprint density at radius 1 is 0.800 bits per heavy atom. The summed E-state index contributed by atoms with van der Waals surface area (Å²) in [6, 6.07) is 23.3. The van der Waals surface area contributed by atoms with Crippen LogP contribution in [0.2, 0.25) is 10.0 Å². The number of carboxylic acid groups (broad SMARTS) is 1. The SMILES string of the molecule is C[N+](C)(C)Cc1ccccc1.O=C(O)Cc1ccccc1Cc1c(Cl)cccc1Cl. The van der Waals surface area contributed by atoms with Crippen LogP contribution in [0.4, 0.5) is 0 Å². The van der Waals surface area contributed by atoms with E-state index >= 15 is 0 Å². The molecule has 0 aromatic heterocycles. The average Bonchev–Trinajstić information content (AvgIpc) is 2.66. The first-order valence-corrected chi connectivity index (χ1v) is 10.5. The number of hydrogen-bond donors (Lipinski definition) is 1. The van der Waals surface area contributed by atoms with Gasteiger partial charge in [0, 0.05) is 22.0 Å². The molecule has 0 radical (unpaired) electrons. The van der Waals surface area contributed by atoms with Crippen molar-refractivity contribution >= 4 is 29.2 Å². The van der Waals surface area contributed by atoms with E-state index in [0.717, 1.165) is 27.7 Å². The molecule has 0 unspecified atom stereocenters. The summed E-state index contributed by atoms with van der Waals surface area (Å²) >= 11 is 12.3. The van der Waals surface area contributed by atoms with Gasteiger partial charge in [0.05, 0.1) is 27.6 Å². The molecular weight excluding hydrogens is 417 g/mol. The molecule has 0 atom stereocenters. The molecule has 0 aliphatic rings. The first-order valence-electron chi connectivity index (χ1n) is 9.71. The number of carboxylic acids is 1. The third-order valence-electron chi connectivity index (χ3n) is 4.39. The maximum absolute atomic E-state index is 10.9. The third-order valence-corrected chi connectivity index (χ3v) is 5.10. The maximum atomic E-state index is 10.9. The van der Waals surface area contributed by atoms with Gasteiger partial charge >= 0.3 is 5.97 Å². The van der Waals surface area contributed by atoms with Gasteiger partial charge in [-0.2, -0.15) is 0 Å². The summed E-state index contributed by atoms with van der Waals surface area (Å²) < 4.78 is 0.990. The van der Waals surface area contributed by atoms with Gasteiger partial charge in [0.1, 0.15) is 6.54 Å². The molecule has 0 amide bonds. The van der Waals surface area contributed by atoms with Gasteiger partial charge in [0.15, 0.2) is 0 Å². The van der Waals surface area contributed by atoms with Gasteiger partial charge in [0.25, 0.3) is 0 Å². The fraction of sp³-hybridized carbons (Fsp3) is 0.240. The molecule has 3 rings (SSSR count). The van der Waals surface area contributed by atoms with Gasteiger partial charge in [-0.3, -0.25) is 4.79 Å². The Morgan fingerprint density at radius 3 is 1.87 bits per heavy atom. The number of aliphatic carboxylic acids is 1. The van der Waals surface area contributed by atoms with Crippen LogP contribution in [0, 0.1) is 0 Å². The number of rotatable bonds is 6. The van der Waals surface area contributed by atoms with Gasteiger partial charge in [-0.1, -0.05) is 83.9 Å². The van der Waals surface area contributed by atoms with Gasteiger partial charge < -0.3 is 9.59 Å².